The maximum atomic E-state index is 11.9. The molecule has 1 fully saturated rings. The highest BCUT2D eigenvalue weighted by Gasteiger charge is 2.41. The van der Waals surface area contributed by atoms with Gasteiger partial charge in [0, 0.05) is 19.1 Å². The zero-order valence-corrected chi connectivity index (χ0v) is 12.0. The second kappa shape index (κ2) is 6.35. The molecule has 0 saturated carbocycles. The molecular formula is C15H22N2O3. The Balaban J connectivity index is 2.30. The van der Waals surface area contributed by atoms with E-state index in [0.29, 0.717) is 19.8 Å². The summed E-state index contributed by atoms with van der Waals surface area (Å²) in [6.45, 7) is 4.54. The fourth-order valence-corrected chi connectivity index (χ4v) is 2.64. The van der Waals surface area contributed by atoms with Crippen LogP contribution in [0.3, 0.4) is 0 Å². The zero-order valence-electron chi connectivity index (χ0n) is 12.0. The van der Waals surface area contributed by atoms with Gasteiger partial charge in [-0.25, -0.2) is 4.79 Å². The SMILES string of the molecule is CNC(CN1CCOCC1C)(C(=O)O)c1ccccc1. The van der Waals surface area contributed by atoms with Gasteiger partial charge in [0.25, 0.3) is 0 Å². The number of carboxylic acids is 1. The van der Waals surface area contributed by atoms with Crippen molar-refractivity contribution in [1.29, 1.82) is 0 Å². The van der Waals surface area contributed by atoms with Crippen molar-refractivity contribution in [2.45, 2.75) is 18.5 Å². The Morgan fingerprint density at radius 3 is 2.75 bits per heavy atom. The highest BCUT2D eigenvalue weighted by molar-refractivity contribution is 5.81. The van der Waals surface area contributed by atoms with E-state index in [1.165, 1.54) is 0 Å². The van der Waals surface area contributed by atoms with Crippen LogP contribution >= 0.6 is 0 Å². The minimum Gasteiger partial charge on any atom is -0.480 e. The molecule has 0 radical (unpaired) electrons. The smallest absolute Gasteiger partial charge is 0.329 e. The summed E-state index contributed by atoms with van der Waals surface area (Å²) in [4.78, 5) is 14.1. The van der Waals surface area contributed by atoms with Crippen LogP contribution in [0.5, 0.6) is 0 Å². The monoisotopic (exact) mass is 278 g/mol. The molecule has 2 N–H and O–H groups in total. The first-order valence-electron chi connectivity index (χ1n) is 6.90. The molecule has 0 spiro atoms. The van der Waals surface area contributed by atoms with Crippen LogP contribution in [0.2, 0.25) is 0 Å². The number of nitrogens with one attached hydrogen (secondary N) is 1. The molecule has 0 aromatic heterocycles. The van der Waals surface area contributed by atoms with E-state index < -0.39 is 11.5 Å². The molecule has 2 unspecified atom stereocenters. The van der Waals surface area contributed by atoms with Crippen LogP contribution in [-0.2, 0) is 15.1 Å². The number of ether oxygens (including phenoxy) is 1. The second-order valence-corrected chi connectivity index (χ2v) is 5.22. The van der Waals surface area contributed by atoms with E-state index in [0.717, 1.165) is 12.1 Å². The minimum atomic E-state index is -1.09. The number of aliphatic carboxylic acids is 1. The minimum absolute atomic E-state index is 0.222. The molecule has 20 heavy (non-hydrogen) atoms. The number of likely N-dealkylation sites (N-methyl/N-ethyl adjacent to an activating group) is 1. The third kappa shape index (κ3) is 2.85. The molecule has 1 aromatic rings. The van der Waals surface area contributed by atoms with Crippen molar-refractivity contribution in [2.24, 2.45) is 0 Å². The number of hydrogen-bond donors (Lipinski definition) is 2. The van der Waals surface area contributed by atoms with Gasteiger partial charge in [-0.2, -0.15) is 0 Å². The van der Waals surface area contributed by atoms with Crippen molar-refractivity contribution >= 4 is 5.97 Å². The lowest BCUT2D eigenvalue weighted by molar-refractivity contribution is -0.147. The maximum absolute atomic E-state index is 11.9. The van der Waals surface area contributed by atoms with Crippen LogP contribution in [0.1, 0.15) is 12.5 Å². The standard InChI is InChI=1S/C15H22N2O3/c1-12-10-20-9-8-17(12)11-15(16-2,14(18)19)13-6-4-3-5-7-13/h3-7,12,16H,8-11H2,1-2H3,(H,18,19). The predicted octanol–water partition coefficient (Wildman–Crippen LogP) is 0.907. The predicted molar refractivity (Wildman–Crippen MR) is 76.7 cm³/mol. The summed E-state index contributed by atoms with van der Waals surface area (Å²) in [7, 11) is 1.70. The van der Waals surface area contributed by atoms with Gasteiger partial charge < -0.3 is 15.2 Å². The lowest BCUT2D eigenvalue weighted by Crippen LogP contribution is -2.58. The van der Waals surface area contributed by atoms with Crippen LogP contribution < -0.4 is 5.32 Å². The number of rotatable bonds is 5. The molecule has 5 nitrogen and oxygen atoms in total. The normalized spacial score (nSPS) is 23.2. The summed E-state index contributed by atoms with van der Waals surface area (Å²) in [5, 5.41) is 12.8. The van der Waals surface area contributed by atoms with Crippen LogP contribution in [-0.4, -0.2) is 55.4 Å². The quantitative estimate of drug-likeness (QED) is 0.838. The number of carbonyl (C=O) groups is 1. The van der Waals surface area contributed by atoms with Gasteiger partial charge in [-0.3, -0.25) is 4.90 Å². The summed E-state index contributed by atoms with van der Waals surface area (Å²) >= 11 is 0. The first-order valence-corrected chi connectivity index (χ1v) is 6.90. The Hall–Kier alpha value is -1.43. The number of morpholine rings is 1. The zero-order chi connectivity index (χ0) is 14.6. The molecule has 1 heterocycles. The van der Waals surface area contributed by atoms with Gasteiger partial charge in [-0.15, -0.1) is 0 Å². The average molecular weight is 278 g/mol. The lowest BCUT2D eigenvalue weighted by Gasteiger charge is -2.40. The van der Waals surface area contributed by atoms with E-state index in [1.807, 2.05) is 30.3 Å². The third-order valence-corrected chi connectivity index (χ3v) is 4.00. The molecule has 1 aliphatic heterocycles. The molecule has 0 bridgehead atoms. The second-order valence-electron chi connectivity index (χ2n) is 5.22. The van der Waals surface area contributed by atoms with Crippen LogP contribution in [0.25, 0.3) is 0 Å². The highest BCUT2D eigenvalue weighted by Crippen LogP contribution is 2.24. The summed E-state index contributed by atoms with van der Waals surface area (Å²) in [6.07, 6.45) is 0. The largest absolute Gasteiger partial charge is 0.480 e. The van der Waals surface area contributed by atoms with E-state index >= 15 is 0 Å². The fraction of sp³-hybridized carbons (Fsp3) is 0.533. The van der Waals surface area contributed by atoms with E-state index in [1.54, 1.807) is 7.05 Å². The Morgan fingerprint density at radius 2 is 2.20 bits per heavy atom. The average Bonchev–Trinajstić information content (AvgIpc) is 2.47. The number of hydrogen-bond acceptors (Lipinski definition) is 4. The van der Waals surface area contributed by atoms with Crippen molar-refractivity contribution in [1.82, 2.24) is 10.2 Å². The van der Waals surface area contributed by atoms with Gasteiger partial charge >= 0.3 is 5.97 Å². The topological polar surface area (TPSA) is 61.8 Å². The Morgan fingerprint density at radius 1 is 1.50 bits per heavy atom. The van der Waals surface area contributed by atoms with Gasteiger partial charge in [0.1, 0.15) is 0 Å². The Kier molecular flexibility index (Phi) is 4.75. The molecule has 2 rings (SSSR count). The van der Waals surface area contributed by atoms with Crippen molar-refractivity contribution in [2.75, 3.05) is 33.4 Å². The molecule has 0 amide bonds. The van der Waals surface area contributed by atoms with E-state index in [2.05, 4.69) is 17.1 Å². The molecular weight excluding hydrogens is 256 g/mol. The van der Waals surface area contributed by atoms with E-state index in [4.69, 9.17) is 4.74 Å². The number of carboxylic acid groups (broad SMARTS) is 1. The molecule has 5 heteroatoms. The highest BCUT2D eigenvalue weighted by atomic mass is 16.5. The lowest BCUT2D eigenvalue weighted by atomic mass is 9.88. The van der Waals surface area contributed by atoms with Gasteiger partial charge in [0.15, 0.2) is 5.54 Å². The molecule has 110 valence electrons. The Labute approximate surface area is 119 Å². The number of nitrogens with zero attached hydrogens (tertiary/aromatic N) is 1. The van der Waals surface area contributed by atoms with Crippen LogP contribution in [0.15, 0.2) is 30.3 Å². The first-order chi connectivity index (χ1) is 9.60. The number of benzene rings is 1. The van der Waals surface area contributed by atoms with Gasteiger partial charge in [0.2, 0.25) is 0 Å². The first kappa shape index (κ1) is 15.0. The van der Waals surface area contributed by atoms with Crippen molar-refractivity contribution < 1.29 is 14.6 Å². The fourth-order valence-electron chi connectivity index (χ4n) is 2.64. The van der Waals surface area contributed by atoms with Crippen LogP contribution in [0, 0.1) is 0 Å². The summed E-state index contributed by atoms with van der Waals surface area (Å²) in [5.74, 6) is -0.857. The van der Waals surface area contributed by atoms with Crippen molar-refractivity contribution in [3.8, 4) is 0 Å². The third-order valence-electron chi connectivity index (χ3n) is 4.00. The molecule has 1 aliphatic rings. The molecule has 1 saturated heterocycles. The summed E-state index contributed by atoms with van der Waals surface area (Å²) < 4.78 is 5.42. The molecule has 1 aromatic carbocycles. The summed E-state index contributed by atoms with van der Waals surface area (Å²) in [5.41, 5.74) is -0.318. The van der Waals surface area contributed by atoms with Crippen molar-refractivity contribution in [3.05, 3.63) is 35.9 Å². The summed E-state index contributed by atoms with van der Waals surface area (Å²) in [6, 6.07) is 9.56. The van der Waals surface area contributed by atoms with E-state index in [9.17, 15) is 9.90 Å². The molecule has 0 aliphatic carbocycles. The van der Waals surface area contributed by atoms with E-state index in [-0.39, 0.29) is 6.04 Å². The van der Waals surface area contributed by atoms with Crippen LogP contribution in [0.4, 0.5) is 0 Å². The molecule has 2 atom stereocenters. The maximum Gasteiger partial charge on any atom is 0.329 e. The Bertz CT molecular complexity index is 452. The van der Waals surface area contributed by atoms with Gasteiger partial charge in [-0.05, 0) is 19.5 Å². The van der Waals surface area contributed by atoms with Gasteiger partial charge in [-0.1, -0.05) is 30.3 Å². The van der Waals surface area contributed by atoms with Crippen molar-refractivity contribution in [3.63, 3.8) is 0 Å². The van der Waals surface area contributed by atoms with Gasteiger partial charge in [0.05, 0.1) is 13.2 Å².